The fourth-order valence-corrected chi connectivity index (χ4v) is 4.06. The van der Waals surface area contributed by atoms with E-state index in [0.717, 1.165) is 43.4 Å². The summed E-state index contributed by atoms with van der Waals surface area (Å²) in [4.78, 5) is 0. The minimum Gasteiger partial charge on any atom is -0.388 e. The van der Waals surface area contributed by atoms with Crippen LogP contribution in [-0.4, -0.2) is 17.3 Å². The topological polar surface area (TPSA) is 29.5 Å². The molecule has 1 aliphatic carbocycles. The van der Waals surface area contributed by atoms with Crippen molar-refractivity contribution in [2.75, 3.05) is 6.61 Å². The van der Waals surface area contributed by atoms with Gasteiger partial charge in [-0.1, -0.05) is 25.3 Å². The Hall–Kier alpha value is -0.930. The van der Waals surface area contributed by atoms with Gasteiger partial charge in [0.25, 0.3) is 0 Å². The van der Waals surface area contributed by atoms with Crippen molar-refractivity contribution in [3.05, 3.63) is 35.1 Å². The van der Waals surface area contributed by atoms with Crippen molar-refractivity contribution in [1.29, 1.82) is 0 Å². The summed E-state index contributed by atoms with van der Waals surface area (Å²) in [7, 11) is 0. The van der Waals surface area contributed by atoms with Gasteiger partial charge < -0.3 is 9.84 Å². The monoisotopic (exact) mass is 292 g/mol. The molecular weight excluding hydrogens is 267 g/mol. The zero-order valence-electron chi connectivity index (χ0n) is 12.8. The minimum atomic E-state index is -0.580. The Labute approximate surface area is 126 Å². The van der Waals surface area contributed by atoms with Crippen LogP contribution in [0.5, 0.6) is 0 Å². The predicted octanol–water partition coefficient (Wildman–Crippen LogP) is 4.30. The number of benzene rings is 1. The van der Waals surface area contributed by atoms with E-state index in [0.29, 0.717) is 0 Å². The summed E-state index contributed by atoms with van der Waals surface area (Å²) in [5.41, 5.74) is 1.68. The maximum Gasteiger partial charge on any atom is 0.123 e. The van der Waals surface area contributed by atoms with Crippen LogP contribution in [-0.2, 0) is 4.74 Å². The number of hydrogen-bond donors (Lipinski definition) is 1. The molecule has 3 heteroatoms. The molecule has 0 amide bonds. The van der Waals surface area contributed by atoms with Gasteiger partial charge in [0.05, 0.1) is 11.7 Å². The van der Waals surface area contributed by atoms with Crippen molar-refractivity contribution in [2.45, 2.75) is 63.6 Å². The van der Waals surface area contributed by atoms with E-state index in [2.05, 4.69) is 0 Å². The summed E-state index contributed by atoms with van der Waals surface area (Å²) >= 11 is 0. The highest BCUT2D eigenvalue weighted by Crippen LogP contribution is 2.44. The summed E-state index contributed by atoms with van der Waals surface area (Å²) in [5.74, 6) is -0.0913. The predicted molar refractivity (Wildman–Crippen MR) is 80.6 cm³/mol. The summed E-state index contributed by atoms with van der Waals surface area (Å²) in [6.45, 7) is 2.66. The Morgan fingerprint density at radius 1 is 1.29 bits per heavy atom. The lowest BCUT2D eigenvalue weighted by atomic mass is 9.73. The molecule has 1 saturated heterocycles. The Morgan fingerprint density at radius 3 is 2.81 bits per heavy atom. The summed E-state index contributed by atoms with van der Waals surface area (Å²) < 4.78 is 19.6. The van der Waals surface area contributed by atoms with Gasteiger partial charge in [0.15, 0.2) is 0 Å². The van der Waals surface area contributed by atoms with Crippen LogP contribution in [0.2, 0.25) is 0 Å². The molecular formula is C18H25FO2. The molecule has 3 rings (SSSR count). The van der Waals surface area contributed by atoms with Crippen molar-refractivity contribution in [3.8, 4) is 0 Å². The van der Waals surface area contributed by atoms with Crippen molar-refractivity contribution in [2.24, 2.45) is 5.92 Å². The molecule has 116 valence electrons. The second kappa shape index (κ2) is 6.05. The standard InChI is InChI=1S/C18H25FO2/c1-13-5-6-15(19)11-16(13)17(20)14-7-10-21-18(12-14)8-3-2-4-9-18/h5-6,11,14,17,20H,2-4,7-10,12H2,1H3. The van der Waals surface area contributed by atoms with Gasteiger partial charge in [-0.15, -0.1) is 0 Å². The lowest BCUT2D eigenvalue weighted by Gasteiger charge is -2.44. The van der Waals surface area contributed by atoms with Gasteiger partial charge in [-0.2, -0.15) is 0 Å². The third-order valence-electron chi connectivity index (χ3n) is 5.30. The molecule has 2 atom stereocenters. The molecule has 1 N–H and O–H groups in total. The molecule has 2 unspecified atom stereocenters. The Kier molecular flexibility index (Phi) is 4.32. The molecule has 0 bridgehead atoms. The van der Waals surface area contributed by atoms with Gasteiger partial charge in [-0.3, -0.25) is 0 Å². The molecule has 1 spiro atoms. The summed E-state index contributed by atoms with van der Waals surface area (Å²) in [5, 5.41) is 10.7. The molecule has 2 fully saturated rings. The Morgan fingerprint density at radius 2 is 2.05 bits per heavy atom. The Bertz CT molecular complexity index is 488. The quantitative estimate of drug-likeness (QED) is 0.880. The van der Waals surface area contributed by atoms with Crippen LogP contribution >= 0.6 is 0 Å². The van der Waals surface area contributed by atoms with E-state index in [-0.39, 0.29) is 17.3 Å². The second-order valence-electron chi connectivity index (χ2n) is 6.79. The molecule has 1 heterocycles. The van der Waals surface area contributed by atoms with Gasteiger partial charge in [-0.05, 0) is 61.8 Å². The SMILES string of the molecule is Cc1ccc(F)cc1C(O)C1CCOC2(CCCCC2)C1. The number of ether oxygens (including phenoxy) is 1. The van der Waals surface area contributed by atoms with Crippen LogP contribution in [0, 0.1) is 18.7 Å². The van der Waals surface area contributed by atoms with Crippen LogP contribution in [0.4, 0.5) is 4.39 Å². The maximum atomic E-state index is 13.5. The van der Waals surface area contributed by atoms with E-state index in [1.54, 1.807) is 6.07 Å². The van der Waals surface area contributed by atoms with E-state index in [4.69, 9.17) is 4.74 Å². The first kappa shape index (κ1) is 15.0. The highest BCUT2D eigenvalue weighted by Gasteiger charge is 2.40. The second-order valence-corrected chi connectivity index (χ2v) is 6.79. The fraction of sp³-hybridized carbons (Fsp3) is 0.667. The number of aliphatic hydroxyl groups is 1. The van der Waals surface area contributed by atoms with Crippen LogP contribution < -0.4 is 0 Å². The van der Waals surface area contributed by atoms with Gasteiger partial charge in [0, 0.05) is 6.61 Å². The molecule has 0 radical (unpaired) electrons. The number of rotatable bonds is 2. The van der Waals surface area contributed by atoms with Crippen LogP contribution in [0.3, 0.4) is 0 Å². The first-order valence-electron chi connectivity index (χ1n) is 8.18. The molecule has 1 aromatic rings. The van der Waals surface area contributed by atoms with Crippen molar-refractivity contribution >= 4 is 0 Å². The lowest BCUT2D eigenvalue weighted by Crippen LogP contribution is -2.42. The van der Waals surface area contributed by atoms with Crippen molar-refractivity contribution in [3.63, 3.8) is 0 Å². The Balaban J connectivity index is 1.77. The third-order valence-corrected chi connectivity index (χ3v) is 5.30. The first-order valence-corrected chi connectivity index (χ1v) is 8.18. The van der Waals surface area contributed by atoms with Crippen LogP contribution in [0.1, 0.15) is 62.2 Å². The van der Waals surface area contributed by atoms with E-state index in [9.17, 15) is 9.50 Å². The van der Waals surface area contributed by atoms with E-state index >= 15 is 0 Å². The lowest BCUT2D eigenvalue weighted by molar-refractivity contribution is -0.134. The number of aliphatic hydroxyl groups excluding tert-OH is 1. The summed E-state index contributed by atoms with van der Waals surface area (Å²) in [6, 6.07) is 4.70. The average Bonchev–Trinajstić information content (AvgIpc) is 2.50. The highest BCUT2D eigenvalue weighted by atomic mass is 19.1. The zero-order chi connectivity index (χ0) is 14.9. The molecule has 2 aliphatic rings. The molecule has 1 aromatic carbocycles. The van der Waals surface area contributed by atoms with Gasteiger partial charge in [0.1, 0.15) is 5.82 Å². The van der Waals surface area contributed by atoms with Gasteiger partial charge in [0.2, 0.25) is 0 Å². The number of halogens is 1. The van der Waals surface area contributed by atoms with Gasteiger partial charge >= 0.3 is 0 Å². The average molecular weight is 292 g/mol. The van der Waals surface area contributed by atoms with E-state index in [1.807, 2.05) is 6.92 Å². The molecule has 0 aromatic heterocycles. The normalized spacial score (nSPS) is 26.7. The van der Waals surface area contributed by atoms with E-state index < -0.39 is 6.10 Å². The zero-order valence-corrected chi connectivity index (χ0v) is 12.8. The summed E-state index contributed by atoms with van der Waals surface area (Å²) in [6.07, 6.45) is 7.15. The molecule has 1 saturated carbocycles. The van der Waals surface area contributed by atoms with Crippen molar-refractivity contribution in [1.82, 2.24) is 0 Å². The van der Waals surface area contributed by atoms with Crippen molar-refractivity contribution < 1.29 is 14.2 Å². The smallest absolute Gasteiger partial charge is 0.123 e. The van der Waals surface area contributed by atoms with Crippen LogP contribution in [0.25, 0.3) is 0 Å². The molecule has 2 nitrogen and oxygen atoms in total. The molecule has 21 heavy (non-hydrogen) atoms. The number of aryl methyl sites for hydroxylation is 1. The number of hydrogen-bond acceptors (Lipinski definition) is 2. The first-order chi connectivity index (χ1) is 10.1. The maximum absolute atomic E-state index is 13.5. The highest BCUT2D eigenvalue weighted by molar-refractivity contribution is 5.29. The van der Waals surface area contributed by atoms with Gasteiger partial charge in [-0.25, -0.2) is 4.39 Å². The third kappa shape index (κ3) is 3.14. The minimum absolute atomic E-state index is 0.0244. The fourth-order valence-electron chi connectivity index (χ4n) is 4.06. The van der Waals surface area contributed by atoms with Crippen LogP contribution in [0.15, 0.2) is 18.2 Å². The van der Waals surface area contributed by atoms with E-state index in [1.165, 1.54) is 31.4 Å². The largest absolute Gasteiger partial charge is 0.388 e. The molecule has 1 aliphatic heterocycles.